The van der Waals surface area contributed by atoms with Crippen LogP contribution >= 0.6 is 0 Å². The van der Waals surface area contributed by atoms with Crippen LogP contribution in [0.3, 0.4) is 0 Å². The molecule has 0 aliphatic carbocycles. The fourth-order valence-electron chi connectivity index (χ4n) is 6.42. The van der Waals surface area contributed by atoms with Gasteiger partial charge in [-0.05, 0) is 42.7 Å². The Bertz CT molecular complexity index is 1330. The lowest BCUT2D eigenvalue weighted by Crippen LogP contribution is -2.55. The third-order valence-corrected chi connectivity index (χ3v) is 7.66. The van der Waals surface area contributed by atoms with Gasteiger partial charge in [0.2, 0.25) is 0 Å². The van der Waals surface area contributed by atoms with E-state index in [4.69, 9.17) is 4.74 Å². The first-order valence-corrected chi connectivity index (χ1v) is 11.8. The van der Waals surface area contributed by atoms with Crippen molar-refractivity contribution in [3.63, 3.8) is 0 Å². The number of nitrogens with one attached hydrogen (secondary N) is 1. The van der Waals surface area contributed by atoms with Crippen molar-refractivity contribution < 1.29 is 18.8 Å². The fraction of sp³-hybridized carbons (Fsp3) is 0.296. The highest BCUT2D eigenvalue weighted by Crippen LogP contribution is 2.58. The van der Waals surface area contributed by atoms with Gasteiger partial charge in [0.05, 0.1) is 5.92 Å². The Morgan fingerprint density at radius 2 is 1.91 bits per heavy atom. The Balaban J connectivity index is 1.46. The molecule has 1 N–H and O–H groups in total. The summed E-state index contributed by atoms with van der Waals surface area (Å²) in [7, 11) is 0. The number of nitrogens with zero attached hydrogens (tertiary/aromatic N) is 2. The lowest BCUT2D eigenvalue weighted by atomic mass is 9.77. The molecule has 0 saturated carbocycles. The van der Waals surface area contributed by atoms with Gasteiger partial charge in [0.1, 0.15) is 18.2 Å². The molecule has 35 heavy (non-hydrogen) atoms. The number of amides is 1. The zero-order valence-corrected chi connectivity index (χ0v) is 18.9. The summed E-state index contributed by atoms with van der Waals surface area (Å²) in [5.41, 5.74) is 1.30. The van der Waals surface area contributed by atoms with E-state index in [0.29, 0.717) is 34.7 Å². The van der Waals surface area contributed by atoms with E-state index in [1.807, 2.05) is 36.4 Å². The molecule has 4 atom stereocenters. The monoisotopic (exact) mass is 473 g/mol. The van der Waals surface area contributed by atoms with E-state index in [1.54, 1.807) is 24.3 Å². The largest absolute Gasteiger partial charge is 0.489 e. The van der Waals surface area contributed by atoms with Crippen LogP contribution in [0.5, 0.6) is 5.75 Å². The topological polar surface area (TPSA) is 84.7 Å². The zero-order chi connectivity index (χ0) is 24.2. The summed E-state index contributed by atoms with van der Waals surface area (Å²) in [5.74, 6) is -0.719. The first-order chi connectivity index (χ1) is 17.0. The molecule has 3 heterocycles. The normalized spacial score (nSPS) is 27.0. The number of nitro groups is 1. The van der Waals surface area contributed by atoms with Gasteiger partial charge >= 0.3 is 0 Å². The maximum Gasteiger partial charge on any atom is 0.256 e. The van der Waals surface area contributed by atoms with E-state index in [-0.39, 0.29) is 29.3 Å². The van der Waals surface area contributed by atoms with Crippen molar-refractivity contribution in [3.8, 4) is 5.75 Å². The molecule has 0 aromatic heterocycles. The summed E-state index contributed by atoms with van der Waals surface area (Å²) < 4.78 is 19.8. The Hall–Kier alpha value is -3.78. The van der Waals surface area contributed by atoms with Crippen LogP contribution in [0.2, 0.25) is 0 Å². The molecule has 3 aliphatic rings. The summed E-state index contributed by atoms with van der Waals surface area (Å²) in [6.45, 7) is 0.743. The van der Waals surface area contributed by atoms with E-state index >= 15 is 0 Å². The van der Waals surface area contributed by atoms with Crippen LogP contribution in [-0.4, -0.2) is 34.4 Å². The number of benzene rings is 3. The standard InChI is InChI=1S/C27H24FN3O4/c28-18-8-5-7-17(15-18)16-35-23-13-4-1-9-19(23)24-22-12-6-14-30(22)27(25(24)31(33)34)20-10-2-3-11-21(20)29-26(27)32/h1-5,7-11,13,15,22,24-25H,6,12,14,16H2,(H,29,32)/t22-,24+,25-,27+/m1/s1. The molecule has 3 aromatic rings. The molecule has 3 aliphatic heterocycles. The van der Waals surface area contributed by atoms with E-state index < -0.39 is 17.5 Å². The quantitative estimate of drug-likeness (QED) is 0.437. The average molecular weight is 474 g/mol. The third-order valence-electron chi connectivity index (χ3n) is 7.66. The minimum atomic E-state index is -1.37. The predicted molar refractivity (Wildman–Crippen MR) is 127 cm³/mol. The molecule has 2 fully saturated rings. The van der Waals surface area contributed by atoms with Crippen LogP contribution in [0.15, 0.2) is 72.8 Å². The summed E-state index contributed by atoms with van der Waals surface area (Å²) in [4.78, 5) is 28.1. The van der Waals surface area contributed by atoms with Crippen LogP contribution in [0.25, 0.3) is 0 Å². The summed E-state index contributed by atoms with van der Waals surface area (Å²) in [6.07, 6.45) is 1.61. The Kier molecular flexibility index (Phi) is 5.07. The highest BCUT2D eigenvalue weighted by Gasteiger charge is 2.73. The molecule has 0 unspecified atom stereocenters. The van der Waals surface area contributed by atoms with Crippen molar-refractivity contribution in [2.45, 2.75) is 43.0 Å². The molecule has 2 saturated heterocycles. The Morgan fingerprint density at radius 1 is 1.11 bits per heavy atom. The number of carbonyl (C=O) groups excluding carboxylic acids is 1. The number of hydrogen-bond acceptors (Lipinski definition) is 5. The number of anilines is 1. The SMILES string of the molecule is O=C1Nc2ccccc2[C@]12[C@H]([N+](=O)[O-])[C@@H](c1ccccc1OCc1cccc(F)c1)[C@H]1CCCN12. The molecule has 178 valence electrons. The van der Waals surface area contributed by atoms with Gasteiger partial charge in [0.15, 0.2) is 5.54 Å². The molecule has 6 rings (SSSR count). The molecule has 8 heteroatoms. The van der Waals surface area contributed by atoms with Gasteiger partial charge in [-0.2, -0.15) is 0 Å². The molecule has 0 bridgehead atoms. The van der Waals surface area contributed by atoms with Gasteiger partial charge in [-0.1, -0.05) is 48.5 Å². The molecular weight excluding hydrogens is 449 g/mol. The average Bonchev–Trinajstić information content (AvgIpc) is 3.51. The smallest absolute Gasteiger partial charge is 0.256 e. The second-order valence-electron chi connectivity index (χ2n) is 9.38. The molecule has 1 amide bonds. The predicted octanol–water partition coefficient (Wildman–Crippen LogP) is 4.46. The van der Waals surface area contributed by atoms with Gasteiger partial charge in [-0.3, -0.25) is 19.8 Å². The van der Waals surface area contributed by atoms with Crippen molar-refractivity contribution in [1.29, 1.82) is 0 Å². The van der Waals surface area contributed by atoms with Crippen LogP contribution in [0, 0.1) is 15.9 Å². The third kappa shape index (κ3) is 3.16. The van der Waals surface area contributed by atoms with Crippen LogP contribution in [0.1, 0.15) is 35.4 Å². The van der Waals surface area contributed by atoms with Crippen LogP contribution in [0.4, 0.5) is 10.1 Å². The van der Waals surface area contributed by atoms with E-state index in [9.17, 15) is 19.3 Å². The zero-order valence-electron chi connectivity index (χ0n) is 18.9. The maximum absolute atomic E-state index is 13.7. The molecule has 1 spiro atoms. The lowest BCUT2D eigenvalue weighted by molar-refractivity contribution is -0.534. The minimum absolute atomic E-state index is 0.132. The number of para-hydroxylation sites is 2. The minimum Gasteiger partial charge on any atom is -0.489 e. The Morgan fingerprint density at radius 3 is 2.74 bits per heavy atom. The number of ether oxygens (including phenoxy) is 1. The number of fused-ring (bicyclic) bond motifs is 4. The fourth-order valence-corrected chi connectivity index (χ4v) is 6.42. The van der Waals surface area contributed by atoms with E-state index in [0.717, 1.165) is 12.8 Å². The van der Waals surface area contributed by atoms with Gasteiger partial charge in [-0.25, -0.2) is 4.39 Å². The van der Waals surface area contributed by atoms with Crippen molar-refractivity contribution in [2.75, 3.05) is 11.9 Å². The maximum atomic E-state index is 13.7. The van der Waals surface area contributed by atoms with Crippen LogP contribution in [-0.2, 0) is 16.9 Å². The molecule has 7 nitrogen and oxygen atoms in total. The van der Waals surface area contributed by atoms with Crippen molar-refractivity contribution >= 4 is 11.6 Å². The van der Waals surface area contributed by atoms with E-state index in [1.165, 1.54) is 12.1 Å². The van der Waals surface area contributed by atoms with Crippen molar-refractivity contribution in [3.05, 3.63) is 105 Å². The first kappa shape index (κ1) is 21.7. The lowest BCUT2D eigenvalue weighted by Gasteiger charge is -2.32. The van der Waals surface area contributed by atoms with Crippen molar-refractivity contribution in [1.82, 2.24) is 4.90 Å². The highest BCUT2D eigenvalue weighted by atomic mass is 19.1. The number of halogens is 1. The molecular formula is C27H24FN3O4. The van der Waals surface area contributed by atoms with E-state index in [2.05, 4.69) is 10.2 Å². The van der Waals surface area contributed by atoms with Gasteiger partial charge in [0, 0.05) is 34.3 Å². The number of carbonyl (C=O) groups is 1. The Labute approximate surface area is 201 Å². The second kappa shape index (κ2) is 8.16. The molecule has 3 aromatic carbocycles. The summed E-state index contributed by atoms with van der Waals surface area (Å²) in [6, 6.07) is 19.4. The molecule has 0 radical (unpaired) electrons. The number of rotatable bonds is 5. The van der Waals surface area contributed by atoms with Gasteiger partial charge in [0.25, 0.3) is 11.9 Å². The summed E-state index contributed by atoms with van der Waals surface area (Å²) >= 11 is 0. The van der Waals surface area contributed by atoms with Crippen molar-refractivity contribution in [2.24, 2.45) is 0 Å². The van der Waals surface area contributed by atoms with Gasteiger partial charge in [-0.15, -0.1) is 0 Å². The van der Waals surface area contributed by atoms with Gasteiger partial charge < -0.3 is 10.1 Å². The first-order valence-electron chi connectivity index (χ1n) is 11.8. The summed E-state index contributed by atoms with van der Waals surface area (Å²) in [5, 5.41) is 15.7. The highest BCUT2D eigenvalue weighted by molar-refractivity contribution is 6.07. The second-order valence-corrected chi connectivity index (χ2v) is 9.38. The number of hydrogen-bond donors (Lipinski definition) is 1. The van der Waals surface area contributed by atoms with Crippen LogP contribution < -0.4 is 10.1 Å².